The van der Waals surface area contributed by atoms with Gasteiger partial charge in [0.2, 0.25) is 0 Å². The topological polar surface area (TPSA) is 23.5 Å². The van der Waals surface area contributed by atoms with Gasteiger partial charge in [-0.2, -0.15) is 0 Å². The molecule has 0 heterocycles. The summed E-state index contributed by atoms with van der Waals surface area (Å²) < 4.78 is 1.12. The highest BCUT2D eigenvalue weighted by molar-refractivity contribution is 9.10. The minimum atomic E-state index is -0.489. The lowest BCUT2D eigenvalue weighted by molar-refractivity contribution is 0.0555. The Kier molecular flexibility index (Phi) is 12.7. The van der Waals surface area contributed by atoms with Gasteiger partial charge in [0.05, 0.1) is 6.10 Å². The molecule has 3 rings (SSSR count). The van der Waals surface area contributed by atoms with Crippen LogP contribution in [0.15, 0.2) is 53.0 Å². The van der Waals surface area contributed by atoms with Crippen LogP contribution in [-0.4, -0.2) is 29.1 Å². The molecule has 3 heteroatoms. The number of rotatable bonds is 17. The van der Waals surface area contributed by atoms with E-state index in [-0.39, 0.29) is 6.04 Å². The number of halogens is 1. The molecular weight excluding hydrogens is 506 g/mol. The summed E-state index contributed by atoms with van der Waals surface area (Å²) in [6, 6.07) is 17.3. The number of hydrogen-bond donors (Lipinski definition) is 1. The normalized spacial score (nSPS) is 13.6. The van der Waals surface area contributed by atoms with E-state index < -0.39 is 6.10 Å². The summed E-state index contributed by atoms with van der Waals surface area (Å²) in [6.45, 7) is 8.95. The fourth-order valence-electron chi connectivity index (χ4n) is 5.45. The lowest BCUT2D eigenvalue weighted by atomic mass is 9.95. The minimum absolute atomic E-state index is 0.107. The van der Waals surface area contributed by atoms with Crippen molar-refractivity contribution < 1.29 is 5.11 Å². The van der Waals surface area contributed by atoms with Gasteiger partial charge in [-0.25, -0.2) is 0 Å². The summed E-state index contributed by atoms with van der Waals surface area (Å²) in [7, 11) is 0. The van der Waals surface area contributed by atoms with Crippen LogP contribution in [0.25, 0.3) is 21.5 Å². The maximum Gasteiger partial charge on any atom is 0.0942 e. The molecule has 0 spiro atoms. The lowest BCUT2D eigenvalue weighted by Gasteiger charge is -2.33. The number of fused-ring (bicyclic) bond motifs is 3. The van der Waals surface area contributed by atoms with Crippen molar-refractivity contribution in [1.82, 2.24) is 4.90 Å². The van der Waals surface area contributed by atoms with E-state index in [1.165, 1.54) is 98.6 Å². The van der Waals surface area contributed by atoms with Crippen LogP contribution in [0.1, 0.15) is 109 Å². The molecule has 0 radical (unpaired) electrons. The number of nitrogens with zero attached hydrogens (tertiary/aromatic N) is 1. The Labute approximate surface area is 228 Å². The summed E-state index contributed by atoms with van der Waals surface area (Å²) in [4.78, 5) is 2.56. The zero-order chi connectivity index (χ0) is 25.8. The van der Waals surface area contributed by atoms with Crippen LogP contribution in [0.3, 0.4) is 0 Å². The van der Waals surface area contributed by atoms with Crippen LogP contribution < -0.4 is 0 Å². The van der Waals surface area contributed by atoms with Crippen LogP contribution >= 0.6 is 15.9 Å². The van der Waals surface area contributed by atoms with Crippen molar-refractivity contribution >= 4 is 37.5 Å². The Morgan fingerprint density at radius 2 is 1.25 bits per heavy atom. The van der Waals surface area contributed by atoms with Crippen molar-refractivity contribution in [2.75, 3.05) is 13.1 Å². The molecule has 2 atom stereocenters. The van der Waals surface area contributed by atoms with Gasteiger partial charge in [-0.15, -0.1) is 0 Å². The second-order valence-corrected chi connectivity index (χ2v) is 11.5. The van der Waals surface area contributed by atoms with E-state index in [1.807, 2.05) is 0 Å². The summed E-state index contributed by atoms with van der Waals surface area (Å²) in [5, 5.41) is 16.4. The Bertz CT molecular complexity index is 1030. The summed E-state index contributed by atoms with van der Waals surface area (Å²) in [5.74, 6) is 0. The number of unbranched alkanes of at least 4 members (excludes halogenated alkanes) is 10. The average molecular weight is 555 g/mol. The third-order valence-electron chi connectivity index (χ3n) is 7.81. The number of aliphatic hydroxyl groups excluding tert-OH is 1. The fourth-order valence-corrected chi connectivity index (χ4v) is 6.04. The molecular formula is C33H48BrNO. The molecule has 1 N–H and O–H groups in total. The van der Waals surface area contributed by atoms with Crippen molar-refractivity contribution in [3.63, 3.8) is 0 Å². The maximum absolute atomic E-state index is 11.5. The van der Waals surface area contributed by atoms with E-state index in [0.29, 0.717) is 0 Å². The molecule has 0 saturated carbocycles. The van der Waals surface area contributed by atoms with Crippen molar-refractivity contribution in [3.8, 4) is 0 Å². The maximum atomic E-state index is 11.5. The molecule has 2 nitrogen and oxygen atoms in total. The highest BCUT2D eigenvalue weighted by Gasteiger charge is 2.23. The van der Waals surface area contributed by atoms with Crippen LogP contribution in [0.5, 0.6) is 0 Å². The van der Waals surface area contributed by atoms with E-state index in [1.54, 1.807) is 0 Å². The standard InChI is InChI=1S/C33H48BrNO/c1-4-6-8-10-12-16-22-35(23-17-13-11-9-7-5-2)26(3)33(36)28-21-20-27-25-32(34)30-19-15-14-18-29(30)31(27)24-28/h14-15,18-21,24-26,33,36H,4-13,16-17,22-23H2,1-3H3/t26-,33+/m0/s1. The zero-order valence-electron chi connectivity index (χ0n) is 22.9. The van der Waals surface area contributed by atoms with E-state index in [4.69, 9.17) is 0 Å². The molecule has 0 fully saturated rings. The van der Waals surface area contributed by atoms with E-state index >= 15 is 0 Å². The van der Waals surface area contributed by atoms with Crippen LogP contribution in [0.2, 0.25) is 0 Å². The molecule has 198 valence electrons. The molecule has 3 aromatic carbocycles. The van der Waals surface area contributed by atoms with E-state index in [0.717, 1.165) is 23.1 Å². The molecule has 0 aromatic heterocycles. The van der Waals surface area contributed by atoms with Crippen molar-refractivity contribution in [2.45, 2.75) is 110 Å². The molecule has 0 saturated heterocycles. The number of hydrogen-bond acceptors (Lipinski definition) is 2. The van der Waals surface area contributed by atoms with E-state index in [9.17, 15) is 5.11 Å². The third-order valence-corrected chi connectivity index (χ3v) is 8.46. The van der Waals surface area contributed by atoms with Crippen molar-refractivity contribution in [3.05, 3.63) is 58.6 Å². The largest absolute Gasteiger partial charge is 0.387 e. The van der Waals surface area contributed by atoms with Crippen LogP contribution in [-0.2, 0) is 0 Å². The summed E-state index contributed by atoms with van der Waals surface area (Å²) in [6.07, 6.45) is 15.2. The first-order valence-electron chi connectivity index (χ1n) is 14.6. The van der Waals surface area contributed by atoms with Gasteiger partial charge >= 0.3 is 0 Å². The summed E-state index contributed by atoms with van der Waals surface area (Å²) in [5.41, 5.74) is 1.03. The van der Waals surface area contributed by atoms with Gasteiger partial charge < -0.3 is 5.11 Å². The average Bonchev–Trinajstić information content (AvgIpc) is 2.90. The Morgan fingerprint density at radius 1 is 0.694 bits per heavy atom. The molecule has 36 heavy (non-hydrogen) atoms. The smallest absolute Gasteiger partial charge is 0.0942 e. The zero-order valence-corrected chi connectivity index (χ0v) is 24.5. The van der Waals surface area contributed by atoms with Crippen LogP contribution in [0, 0.1) is 0 Å². The minimum Gasteiger partial charge on any atom is -0.387 e. The quantitative estimate of drug-likeness (QED) is 0.133. The first kappa shape index (κ1) is 29.1. The predicted molar refractivity (Wildman–Crippen MR) is 162 cm³/mol. The molecule has 0 aliphatic carbocycles. The van der Waals surface area contributed by atoms with Gasteiger partial charge in [0.15, 0.2) is 0 Å². The molecule has 0 bridgehead atoms. The summed E-state index contributed by atoms with van der Waals surface area (Å²) >= 11 is 3.74. The van der Waals surface area contributed by atoms with Crippen molar-refractivity contribution in [1.29, 1.82) is 0 Å². The van der Waals surface area contributed by atoms with Gasteiger partial charge in [0.25, 0.3) is 0 Å². The van der Waals surface area contributed by atoms with Gasteiger partial charge in [0, 0.05) is 10.5 Å². The van der Waals surface area contributed by atoms with Crippen molar-refractivity contribution in [2.24, 2.45) is 0 Å². The highest BCUT2D eigenvalue weighted by Crippen LogP contribution is 2.34. The number of aliphatic hydroxyl groups is 1. The lowest BCUT2D eigenvalue weighted by Crippen LogP contribution is -2.39. The molecule has 0 amide bonds. The Morgan fingerprint density at radius 3 is 1.86 bits per heavy atom. The fraction of sp³-hybridized carbons (Fsp3) is 0.576. The van der Waals surface area contributed by atoms with E-state index in [2.05, 4.69) is 90.1 Å². The highest BCUT2D eigenvalue weighted by atomic mass is 79.9. The molecule has 0 unspecified atom stereocenters. The van der Waals surface area contributed by atoms with Gasteiger partial charge in [-0.05, 0) is 72.1 Å². The number of benzene rings is 3. The third kappa shape index (κ3) is 8.30. The monoisotopic (exact) mass is 553 g/mol. The van der Waals surface area contributed by atoms with Gasteiger partial charge in [0.1, 0.15) is 0 Å². The van der Waals surface area contributed by atoms with Gasteiger partial charge in [-0.3, -0.25) is 4.90 Å². The molecule has 3 aromatic rings. The Balaban J connectivity index is 1.71. The molecule has 0 aliphatic heterocycles. The second-order valence-electron chi connectivity index (χ2n) is 10.6. The van der Waals surface area contributed by atoms with Crippen LogP contribution in [0.4, 0.5) is 0 Å². The van der Waals surface area contributed by atoms with Gasteiger partial charge in [-0.1, -0.05) is 130 Å². The predicted octanol–water partition coefficient (Wildman–Crippen LogP) is 10.2. The first-order chi connectivity index (χ1) is 17.6. The molecule has 0 aliphatic rings. The second kappa shape index (κ2) is 15.7. The first-order valence-corrected chi connectivity index (χ1v) is 15.4. The Hall–Kier alpha value is -1.42. The SMILES string of the molecule is CCCCCCCCN(CCCCCCCC)[C@@H](C)[C@@H](O)c1ccc2cc(Br)c3ccccc3c2c1.